The van der Waals surface area contributed by atoms with Crippen molar-refractivity contribution in [3.63, 3.8) is 0 Å². The van der Waals surface area contributed by atoms with Crippen LogP contribution in [-0.2, 0) is 0 Å². The molecule has 0 aliphatic carbocycles. The summed E-state index contributed by atoms with van der Waals surface area (Å²) in [4.78, 5) is 20.9. The average Bonchev–Trinajstić information content (AvgIpc) is 3.05. The normalized spacial score (nSPS) is 10.3. The Morgan fingerprint density at radius 2 is 2.13 bits per heavy atom. The SMILES string of the molecule is CCOc1cccc(C(=O)Nc2nc(-c3ccccn3)cs2)c1. The van der Waals surface area contributed by atoms with Gasteiger partial charge >= 0.3 is 0 Å². The van der Waals surface area contributed by atoms with Gasteiger partial charge in [-0.3, -0.25) is 15.1 Å². The van der Waals surface area contributed by atoms with Crippen molar-refractivity contribution in [1.29, 1.82) is 0 Å². The van der Waals surface area contributed by atoms with E-state index in [1.54, 1.807) is 24.4 Å². The standard InChI is InChI=1S/C17H15N3O2S/c1-2-22-13-7-5-6-12(10-13)16(21)20-17-19-15(11-23-17)14-8-3-4-9-18-14/h3-11H,2H2,1H3,(H,19,20,21). The van der Waals surface area contributed by atoms with Crippen molar-refractivity contribution in [3.8, 4) is 17.1 Å². The van der Waals surface area contributed by atoms with Crippen molar-refractivity contribution < 1.29 is 9.53 Å². The number of nitrogens with zero attached hydrogens (tertiary/aromatic N) is 2. The molecule has 5 nitrogen and oxygen atoms in total. The second kappa shape index (κ2) is 7.02. The van der Waals surface area contributed by atoms with Gasteiger partial charge in [-0.2, -0.15) is 0 Å². The van der Waals surface area contributed by atoms with Crippen molar-refractivity contribution in [2.75, 3.05) is 11.9 Å². The third-order valence-electron chi connectivity index (χ3n) is 3.06. The van der Waals surface area contributed by atoms with Crippen LogP contribution in [0.5, 0.6) is 5.75 Å². The summed E-state index contributed by atoms with van der Waals surface area (Å²) in [6.07, 6.45) is 1.71. The van der Waals surface area contributed by atoms with E-state index in [0.717, 1.165) is 11.4 Å². The fourth-order valence-corrected chi connectivity index (χ4v) is 2.73. The lowest BCUT2D eigenvalue weighted by molar-refractivity contribution is 0.102. The summed E-state index contributed by atoms with van der Waals surface area (Å²) in [5.41, 5.74) is 2.06. The quantitative estimate of drug-likeness (QED) is 0.774. The number of carbonyl (C=O) groups is 1. The van der Waals surface area contributed by atoms with Gasteiger partial charge in [0.25, 0.3) is 5.91 Å². The van der Waals surface area contributed by atoms with Crippen molar-refractivity contribution in [1.82, 2.24) is 9.97 Å². The van der Waals surface area contributed by atoms with E-state index >= 15 is 0 Å². The number of rotatable bonds is 5. The van der Waals surface area contributed by atoms with Crippen LogP contribution < -0.4 is 10.1 Å². The monoisotopic (exact) mass is 325 g/mol. The Bertz CT molecular complexity index is 802. The van der Waals surface area contributed by atoms with Gasteiger partial charge in [-0.15, -0.1) is 11.3 Å². The van der Waals surface area contributed by atoms with Crippen LogP contribution in [0.3, 0.4) is 0 Å². The van der Waals surface area contributed by atoms with Crippen molar-refractivity contribution >= 4 is 22.4 Å². The summed E-state index contributed by atoms with van der Waals surface area (Å²) in [5, 5.41) is 5.21. The molecule has 0 spiro atoms. The maximum atomic E-state index is 12.3. The highest BCUT2D eigenvalue weighted by molar-refractivity contribution is 7.14. The molecule has 0 atom stereocenters. The summed E-state index contributed by atoms with van der Waals surface area (Å²) in [6, 6.07) is 12.7. The predicted molar refractivity (Wildman–Crippen MR) is 90.9 cm³/mol. The molecule has 0 unspecified atom stereocenters. The van der Waals surface area contributed by atoms with Crippen LogP contribution in [0.1, 0.15) is 17.3 Å². The van der Waals surface area contributed by atoms with Gasteiger partial charge in [0, 0.05) is 17.1 Å². The van der Waals surface area contributed by atoms with Gasteiger partial charge in [0.1, 0.15) is 11.4 Å². The molecule has 23 heavy (non-hydrogen) atoms. The molecule has 3 rings (SSSR count). The number of nitrogens with one attached hydrogen (secondary N) is 1. The van der Waals surface area contributed by atoms with E-state index < -0.39 is 0 Å². The predicted octanol–water partition coefficient (Wildman–Crippen LogP) is 3.86. The van der Waals surface area contributed by atoms with E-state index in [1.165, 1.54) is 11.3 Å². The highest BCUT2D eigenvalue weighted by atomic mass is 32.1. The summed E-state index contributed by atoms with van der Waals surface area (Å²) in [6.45, 7) is 2.46. The number of hydrogen-bond donors (Lipinski definition) is 1. The van der Waals surface area contributed by atoms with Gasteiger partial charge in [-0.25, -0.2) is 4.98 Å². The Kier molecular flexibility index (Phi) is 4.63. The number of ether oxygens (including phenoxy) is 1. The minimum Gasteiger partial charge on any atom is -0.494 e. The van der Waals surface area contributed by atoms with Crippen LogP contribution in [0, 0.1) is 0 Å². The molecule has 2 heterocycles. The minimum atomic E-state index is -0.214. The molecule has 0 radical (unpaired) electrons. The number of carbonyl (C=O) groups excluding carboxylic acids is 1. The molecule has 116 valence electrons. The summed E-state index contributed by atoms with van der Waals surface area (Å²) in [7, 11) is 0. The van der Waals surface area contributed by atoms with Crippen LogP contribution in [-0.4, -0.2) is 22.5 Å². The van der Waals surface area contributed by atoms with Crippen molar-refractivity contribution in [2.24, 2.45) is 0 Å². The highest BCUT2D eigenvalue weighted by Crippen LogP contribution is 2.24. The molecular weight excluding hydrogens is 310 g/mol. The van der Waals surface area contributed by atoms with E-state index in [0.29, 0.717) is 23.1 Å². The number of pyridine rings is 1. The fraction of sp³-hybridized carbons (Fsp3) is 0.118. The molecule has 1 aromatic carbocycles. The molecule has 0 saturated heterocycles. The summed E-state index contributed by atoms with van der Waals surface area (Å²) in [5.74, 6) is 0.460. The Hall–Kier alpha value is -2.73. The Morgan fingerprint density at radius 3 is 2.91 bits per heavy atom. The zero-order chi connectivity index (χ0) is 16.1. The highest BCUT2D eigenvalue weighted by Gasteiger charge is 2.11. The smallest absolute Gasteiger partial charge is 0.257 e. The van der Waals surface area contributed by atoms with Crippen LogP contribution in [0.4, 0.5) is 5.13 Å². The Labute approximate surface area is 138 Å². The first-order chi connectivity index (χ1) is 11.3. The lowest BCUT2D eigenvalue weighted by Crippen LogP contribution is -2.11. The summed E-state index contributed by atoms with van der Waals surface area (Å²) >= 11 is 1.37. The fourth-order valence-electron chi connectivity index (χ4n) is 2.03. The number of benzene rings is 1. The van der Waals surface area contributed by atoms with Gasteiger partial charge in [0.05, 0.1) is 12.3 Å². The topological polar surface area (TPSA) is 64.1 Å². The lowest BCUT2D eigenvalue weighted by Gasteiger charge is -2.05. The second-order valence-corrected chi connectivity index (χ2v) is 5.53. The minimum absolute atomic E-state index is 0.214. The van der Waals surface area contributed by atoms with Crippen LogP contribution in [0.25, 0.3) is 11.4 Å². The Balaban J connectivity index is 1.73. The molecule has 0 saturated carbocycles. The number of aromatic nitrogens is 2. The molecule has 0 aliphatic rings. The first-order valence-corrected chi connectivity index (χ1v) is 8.05. The van der Waals surface area contributed by atoms with Crippen LogP contribution >= 0.6 is 11.3 Å². The van der Waals surface area contributed by atoms with Crippen molar-refractivity contribution in [3.05, 3.63) is 59.6 Å². The van der Waals surface area contributed by atoms with Gasteiger partial charge in [-0.05, 0) is 37.3 Å². The zero-order valence-electron chi connectivity index (χ0n) is 12.5. The van der Waals surface area contributed by atoms with E-state index in [2.05, 4.69) is 15.3 Å². The van der Waals surface area contributed by atoms with Crippen LogP contribution in [0.2, 0.25) is 0 Å². The van der Waals surface area contributed by atoms with E-state index in [1.807, 2.05) is 36.6 Å². The first-order valence-electron chi connectivity index (χ1n) is 7.17. The largest absolute Gasteiger partial charge is 0.494 e. The molecule has 1 amide bonds. The maximum Gasteiger partial charge on any atom is 0.257 e. The molecule has 2 aromatic heterocycles. The number of hydrogen-bond acceptors (Lipinski definition) is 5. The van der Waals surface area contributed by atoms with E-state index in [-0.39, 0.29) is 5.91 Å². The maximum absolute atomic E-state index is 12.3. The first kappa shape index (κ1) is 15.2. The molecular formula is C17H15N3O2S. The number of thiazole rings is 1. The third kappa shape index (κ3) is 3.73. The number of amides is 1. The van der Waals surface area contributed by atoms with Gasteiger partial charge in [-0.1, -0.05) is 12.1 Å². The molecule has 3 aromatic rings. The molecule has 1 N–H and O–H groups in total. The Morgan fingerprint density at radius 1 is 1.22 bits per heavy atom. The van der Waals surface area contributed by atoms with Gasteiger partial charge in [0.15, 0.2) is 5.13 Å². The van der Waals surface area contributed by atoms with E-state index in [4.69, 9.17) is 4.74 Å². The average molecular weight is 325 g/mol. The molecule has 0 bridgehead atoms. The second-order valence-electron chi connectivity index (χ2n) is 4.67. The van der Waals surface area contributed by atoms with Crippen LogP contribution in [0.15, 0.2) is 54.0 Å². The molecule has 6 heteroatoms. The van der Waals surface area contributed by atoms with E-state index in [9.17, 15) is 4.79 Å². The van der Waals surface area contributed by atoms with Gasteiger partial charge < -0.3 is 4.74 Å². The van der Waals surface area contributed by atoms with Gasteiger partial charge in [0.2, 0.25) is 0 Å². The molecule has 0 fully saturated rings. The number of anilines is 1. The van der Waals surface area contributed by atoms with Crippen molar-refractivity contribution in [2.45, 2.75) is 6.92 Å². The lowest BCUT2D eigenvalue weighted by atomic mass is 10.2. The molecule has 0 aliphatic heterocycles. The summed E-state index contributed by atoms with van der Waals surface area (Å²) < 4.78 is 5.41. The zero-order valence-corrected chi connectivity index (χ0v) is 13.3. The third-order valence-corrected chi connectivity index (χ3v) is 3.82.